The summed E-state index contributed by atoms with van der Waals surface area (Å²) >= 11 is 0. The van der Waals surface area contributed by atoms with E-state index >= 15 is 0 Å². The third kappa shape index (κ3) is 3.27. The molecular weight excluding hydrogens is 364 g/mol. The zero-order chi connectivity index (χ0) is 19.6. The van der Waals surface area contributed by atoms with Crippen molar-refractivity contribution < 1.29 is 4.63 Å². The van der Waals surface area contributed by atoms with Crippen LogP contribution in [0.25, 0.3) is 33.5 Å². The van der Waals surface area contributed by atoms with E-state index in [-0.39, 0.29) is 6.04 Å². The number of benzene rings is 2. The number of hydrogen-bond acceptors (Lipinski definition) is 6. The summed E-state index contributed by atoms with van der Waals surface area (Å²) in [7, 11) is 0. The second-order valence-electron chi connectivity index (χ2n) is 6.93. The minimum absolute atomic E-state index is 0.137. The van der Waals surface area contributed by atoms with E-state index in [1.807, 2.05) is 42.7 Å². The lowest BCUT2D eigenvalue weighted by molar-refractivity contribution is 0.315. The molecule has 7 heteroatoms. The van der Waals surface area contributed by atoms with Crippen molar-refractivity contribution in [3.8, 4) is 22.5 Å². The highest BCUT2D eigenvalue weighted by Crippen LogP contribution is 2.34. The number of hydrogen-bond donors (Lipinski definition) is 0. The number of imidazole rings is 1. The molecule has 0 spiro atoms. The smallest absolute Gasteiger partial charge is 0.135 e. The lowest BCUT2D eigenvalue weighted by Crippen LogP contribution is -2.10. The molecule has 0 N–H and O–H groups in total. The first-order chi connectivity index (χ1) is 14.3. The fourth-order valence-corrected chi connectivity index (χ4v) is 3.55. The van der Waals surface area contributed by atoms with E-state index in [0.717, 1.165) is 45.7 Å². The van der Waals surface area contributed by atoms with Crippen LogP contribution in [0.5, 0.6) is 0 Å². The van der Waals surface area contributed by atoms with Crippen molar-refractivity contribution in [2.24, 2.45) is 0 Å². The second-order valence-corrected chi connectivity index (χ2v) is 6.93. The van der Waals surface area contributed by atoms with E-state index < -0.39 is 0 Å². The van der Waals surface area contributed by atoms with Crippen LogP contribution in [0.2, 0.25) is 0 Å². The van der Waals surface area contributed by atoms with Gasteiger partial charge in [-0.15, -0.1) is 0 Å². The molecule has 1 unspecified atom stereocenters. The van der Waals surface area contributed by atoms with E-state index in [9.17, 15) is 0 Å². The Morgan fingerprint density at radius 2 is 1.79 bits per heavy atom. The first-order valence-electron chi connectivity index (χ1n) is 9.39. The van der Waals surface area contributed by atoms with Crippen molar-refractivity contribution in [2.45, 2.75) is 19.4 Å². The highest BCUT2D eigenvalue weighted by molar-refractivity contribution is 5.85. The standard InChI is InChI=1S/C22H18N6O/c1-15(11-18-13-23-9-10-24-18)28-14-25-21(16-5-3-2-4-6-16)22(28)17-7-8-19-20(12-17)27-29-26-19/h2-10,12-15H,11H2,1H3. The first kappa shape index (κ1) is 17.2. The molecule has 3 heterocycles. The maximum atomic E-state index is 4.87. The summed E-state index contributed by atoms with van der Waals surface area (Å²) in [6, 6.07) is 16.3. The molecule has 1 atom stereocenters. The molecule has 0 amide bonds. The summed E-state index contributed by atoms with van der Waals surface area (Å²) in [4.78, 5) is 13.4. The van der Waals surface area contributed by atoms with E-state index in [0.29, 0.717) is 0 Å². The zero-order valence-electron chi connectivity index (χ0n) is 15.8. The molecule has 3 aromatic heterocycles. The van der Waals surface area contributed by atoms with Gasteiger partial charge in [-0.3, -0.25) is 9.97 Å². The van der Waals surface area contributed by atoms with Gasteiger partial charge in [-0.05, 0) is 29.4 Å². The molecule has 142 valence electrons. The van der Waals surface area contributed by atoms with Gasteiger partial charge in [0.2, 0.25) is 0 Å². The number of fused-ring (bicyclic) bond motifs is 1. The van der Waals surface area contributed by atoms with Crippen molar-refractivity contribution >= 4 is 11.0 Å². The van der Waals surface area contributed by atoms with Crippen molar-refractivity contribution in [1.82, 2.24) is 29.8 Å². The molecule has 5 rings (SSSR count). The van der Waals surface area contributed by atoms with Crippen LogP contribution in [-0.2, 0) is 6.42 Å². The number of rotatable bonds is 5. The molecule has 0 saturated heterocycles. The summed E-state index contributed by atoms with van der Waals surface area (Å²) in [5.74, 6) is 0. The largest absolute Gasteiger partial charge is 0.327 e. The Morgan fingerprint density at radius 3 is 2.62 bits per heavy atom. The highest BCUT2D eigenvalue weighted by atomic mass is 16.6. The summed E-state index contributed by atoms with van der Waals surface area (Å²) in [5.41, 5.74) is 6.41. The molecule has 0 aliphatic carbocycles. The van der Waals surface area contributed by atoms with E-state index in [1.165, 1.54) is 0 Å². The van der Waals surface area contributed by atoms with Gasteiger partial charge in [0.25, 0.3) is 0 Å². The Balaban J connectivity index is 1.64. The number of aromatic nitrogens is 6. The monoisotopic (exact) mass is 382 g/mol. The molecule has 2 aromatic carbocycles. The van der Waals surface area contributed by atoms with E-state index in [2.05, 4.69) is 43.9 Å². The predicted octanol–water partition coefficient (Wildman–Crippen LogP) is 4.35. The van der Waals surface area contributed by atoms with Gasteiger partial charge in [0.1, 0.15) is 11.0 Å². The van der Waals surface area contributed by atoms with Crippen LogP contribution >= 0.6 is 0 Å². The Kier molecular flexibility index (Phi) is 4.32. The lowest BCUT2D eigenvalue weighted by atomic mass is 10.0. The third-order valence-corrected chi connectivity index (χ3v) is 4.96. The fourth-order valence-electron chi connectivity index (χ4n) is 3.55. The van der Waals surface area contributed by atoms with Crippen LogP contribution in [0.15, 0.2) is 78.1 Å². The molecule has 0 fully saturated rings. The van der Waals surface area contributed by atoms with Gasteiger partial charge in [-0.2, -0.15) is 0 Å². The Hall–Kier alpha value is -3.87. The molecule has 5 aromatic rings. The summed E-state index contributed by atoms with van der Waals surface area (Å²) in [6.45, 7) is 2.16. The summed E-state index contributed by atoms with van der Waals surface area (Å²) in [5, 5.41) is 7.91. The Morgan fingerprint density at radius 1 is 0.931 bits per heavy atom. The van der Waals surface area contributed by atoms with E-state index in [4.69, 9.17) is 9.61 Å². The highest BCUT2D eigenvalue weighted by Gasteiger charge is 2.20. The van der Waals surface area contributed by atoms with Crippen LogP contribution in [0.1, 0.15) is 18.7 Å². The Bertz CT molecular complexity index is 1250. The van der Waals surface area contributed by atoms with Crippen molar-refractivity contribution in [2.75, 3.05) is 0 Å². The molecule has 0 saturated carbocycles. The molecule has 29 heavy (non-hydrogen) atoms. The van der Waals surface area contributed by atoms with Gasteiger partial charge >= 0.3 is 0 Å². The van der Waals surface area contributed by atoms with Crippen LogP contribution < -0.4 is 0 Å². The minimum Gasteiger partial charge on any atom is -0.327 e. The second kappa shape index (κ2) is 7.27. The Labute approximate surface area is 167 Å². The SMILES string of the molecule is CC(Cc1cnccn1)n1cnc(-c2ccccc2)c1-c1ccc2nonc2c1. The maximum Gasteiger partial charge on any atom is 0.135 e. The van der Waals surface area contributed by atoms with Crippen LogP contribution in [0, 0.1) is 0 Å². The maximum absolute atomic E-state index is 4.87. The average molecular weight is 382 g/mol. The topological polar surface area (TPSA) is 82.5 Å². The van der Waals surface area contributed by atoms with Gasteiger partial charge in [0, 0.05) is 42.2 Å². The molecule has 0 radical (unpaired) electrons. The third-order valence-electron chi connectivity index (χ3n) is 4.96. The zero-order valence-corrected chi connectivity index (χ0v) is 15.8. The lowest BCUT2D eigenvalue weighted by Gasteiger charge is -2.17. The summed E-state index contributed by atoms with van der Waals surface area (Å²) < 4.78 is 7.06. The van der Waals surface area contributed by atoms with Crippen LogP contribution in [0.3, 0.4) is 0 Å². The van der Waals surface area contributed by atoms with Gasteiger partial charge in [0.05, 0.1) is 23.4 Å². The predicted molar refractivity (Wildman–Crippen MR) is 109 cm³/mol. The minimum atomic E-state index is 0.137. The normalized spacial score (nSPS) is 12.3. The molecule has 7 nitrogen and oxygen atoms in total. The van der Waals surface area contributed by atoms with Crippen molar-refractivity contribution in [1.29, 1.82) is 0 Å². The van der Waals surface area contributed by atoms with Gasteiger partial charge in [-0.25, -0.2) is 9.61 Å². The molecule has 0 aliphatic rings. The average Bonchev–Trinajstić information content (AvgIpc) is 3.41. The van der Waals surface area contributed by atoms with Gasteiger partial charge in [0.15, 0.2) is 0 Å². The van der Waals surface area contributed by atoms with Crippen LogP contribution in [-0.4, -0.2) is 29.8 Å². The van der Waals surface area contributed by atoms with Crippen LogP contribution in [0.4, 0.5) is 0 Å². The fraction of sp³-hybridized carbons (Fsp3) is 0.136. The first-order valence-corrected chi connectivity index (χ1v) is 9.39. The number of nitrogens with zero attached hydrogens (tertiary/aromatic N) is 6. The van der Waals surface area contributed by atoms with Gasteiger partial charge < -0.3 is 4.57 Å². The molecule has 0 aliphatic heterocycles. The molecular formula is C22H18N6O. The van der Waals surface area contributed by atoms with Gasteiger partial charge in [-0.1, -0.05) is 36.4 Å². The summed E-state index contributed by atoms with van der Waals surface area (Å²) in [6.07, 6.45) is 7.85. The van der Waals surface area contributed by atoms with Crippen molar-refractivity contribution in [3.05, 3.63) is 79.1 Å². The molecule has 0 bridgehead atoms. The van der Waals surface area contributed by atoms with E-state index in [1.54, 1.807) is 18.6 Å². The quantitative estimate of drug-likeness (QED) is 0.449. The van der Waals surface area contributed by atoms with Crippen molar-refractivity contribution in [3.63, 3.8) is 0 Å².